The predicted molar refractivity (Wildman–Crippen MR) is 67.0 cm³/mol. The SMILES string of the molecule is CCOCCS(=O)(=O)Nc1ccc(Cl)c(O)c1. The molecule has 0 spiro atoms. The van der Waals surface area contributed by atoms with Gasteiger partial charge in [-0.1, -0.05) is 11.6 Å². The Morgan fingerprint density at radius 3 is 2.76 bits per heavy atom. The van der Waals surface area contributed by atoms with Gasteiger partial charge < -0.3 is 9.84 Å². The molecule has 17 heavy (non-hydrogen) atoms. The molecule has 1 rings (SSSR count). The zero-order valence-electron chi connectivity index (χ0n) is 9.31. The van der Waals surface area contributed by atoms with Gasteiger partial charge in [0.1, 0.15) is 5.75 Å². The van der Waals surface area contributed by atoms with E-state index >= 15 is 0 Å². The second-order valence-electron chi connectivity index (χ2n) is 3.28. The van der Waals surface area contributed by atoms with Crippen LogP contribution in [0.15, 0.2) is 18.2 Å². The standard InChI is InChI=1S/C10H14ClNO4S/c1-2-16-5-6-17(14,15)12-8-3-4-9(11)10(13)7-8/h3-4,7,12-13H,2,5-6H2,1H3. The third-order valence-corrected chi connectivity index (χ3v) is 3.49. The summed E-state index contributed by atoms with van der Waals surface area (Å²) in [5.41, 5.74) is 0.267. The fourth-order valence-corrected chi connectivity index (χ4v) is 2.16. The molecule has 0 bridgehead atoms. The van der Waals surface area contributed by atoms with Gasteiger partial charge in [0.15, 0.2) is 0 Å². The molecule has 0 fully saturated rings. The van der Waals surface area contributed by atoms with Crippen molar-refractivity contribution in [3.05, 3.63) is 23.2 Å². The number of anilines is 1. The fraction of sp³-hybridized carbons (Fsp3) is 0.400. The molecule has 0 atom stereocenters. The van der Waals surface area contributed by atoms with Gasteiger partial charge in [-0.15, -0.1) is 0 Å². The van der Waals surface area contributed by atoms with Gasteiger partial charge in [-0.3, -0.25) is 4.72 Å². The van der Waals surface area contributed by atoms with Crippen LogP contribution >= 0.6 is 11.6 Å². The van der Waals surface area contributed by atoms with E-state index in [2.05, 4.69) is 4.72 Å². The number of ether oxygens (including phenoxy) is 1. The van der Waals surface area contributed by atoms with Crippen molar-refractivity contribution in [3.63, 3.8) is 0 Å². The van der Waals surface area contributed by atoms with Crippen LogP contribution in [0.4, 0.5) is 5.69 Å². The molecule has 0 amide bonds. The first-order valence-corrected chi connectivity index (χ1v) is 7.04. The van der Waals surface area contributed by atoms with E-state index in [1.165, 1.54) is 18.2 Å². The Hall–Kier alpha value is -0.980. The summed E-state index contributed by atoms with van der Waals surface area (Å²) >= 11 is 5.61. The van der Waals surface area contributed by atoms with E-state index < -0.39 is 10.0 Å². The largest absolute Gasteiger partial charge is 0.506 e. The van der Waals surface area contributed by atoms with Gasteiger partial charge in [-0.25, -0.2) is 8.42 Å². The summed E-state index contributed by atoms with van der Waals surface area (Å²) in [6, 6.07) is 4.14. The molecule has 0 saturated heterocycles. The Kier molecular flexibility index (Phi) is 5.04. The van der Waals surface area contributed by atoms with Crippen molar-refractivity contribution in [3.8, 4) is 5.75 Å². The molecule has 0 aliphatic carbocycles. The summed E-state index contributed by atoms with van der Waals surface area (Å²) < 4.78 is 30.4. The average molecular weight is 280 g/mol. The minimum atomic E-state index is -3.47. The molecule has 1 aromatic rings. The minimum Gasteiger partial charge on any atom is -0.506 e. The van der Waals surface area contributed by atoms with Crippen molar-refractivity contribution in [1.82, 2.24) is 0 Å². The molecule has 0 unspecified atom stereocenters. The van der Waals surface area contributed by atoms with E-state index in [1.807, 2.05) is 0 Å². The highest BCUT2D eigenvalue weighted by atomic mass is 35.5. The van der Waals surface area contributed by atoms with E-state index in [9.17, 15) is 13.5 Å². The molecule has 96 valence electrons. The van der Waals surface area contributed by atoms with Gasteiger partial charge in [0, 0.05) is 12.7 Å². The molecule has 1 aromatic carbocycles. The lowest BCUT2D eigenvalue weighted by atomic mass is 10.3. The third-order valence-electron chi connectivity index (χ3n) is 1.92. The number of hydrogen-bond donors (Lipinski definition) is 2. The monoisotopic (exact) mass is 279 g/mol. The van der Waals surface area contributed by atoms with Crippen LogP contribution < -0.4 is 4.72 Å². The smallest absolute Gasteiger partial charge is 0.235 e. The zero-order chi connectivity index (χ0) is 12.9. The second-order valence-corrected chi connectivity index (χ2v) is 5.53. The highest BCUT2D eigenvalue weighted by Gasteiger charge is 2.11. The van der Waals surface area contributed by atoms with Gasteiger partial charge in [-0.05, 0) is 19.1 Å². The number of halogens is 1. The van der Waals surface area contributed by atoms with Crippen LogP contribution in [0.5, 0.6) is 5.75 Å². The van der Waals surface area contributed by atoms with Crippen molar-refractivity contribution < 1.29 is 18.3 Å². The van der Waals surface area contributed by atoms with E-state index in [1.54, 1.807) is 6.92 Å². The zero-order valence-corrected chi connectivity index (χ0v) is 10.9. The number of rotatable bonds is 6. The summed E-state index contributed by atoms with van der Waals surface area (Å²) in [6.07, 6.45) is 0. The maximum Gasteiger partial charge on any atom is 0.235 e. The lowest BCUT2D eigenvalue weighted by Crippen LogP contribution is -2.20. The number of aromatic hydroxyl groups is 1. The first-order valence-electron chi connectivity index (χ1n) is 5.01. The number of hydrogen-bond acceptors (Lipinski definition) is 4. The number of sulfonamides is 1. The molecule has 0 aliphatic heterocycles. The fourth-order valence-electron chi connectivity index (χ4n) is 1.12. The Morgan fingerprint density at radius 1 is 1.47 bits per heavy atom. The Labute approximate surface area is 105 Å². The molecular weight excluding hydrogens is 266 g/mol. The molecule has 5 nitrogen and oxygen atoms in total. The Balaban J connectivity index is 2.66. The number of phenolic OH excluding ortho intramolecular Hbond substituents is 1. The molecular formula is C10H14ClNO4S. The van der Waals surface area contributed by atoms with Crippen molar-refractivity contribution in [2.75, 3.05) is 23.7 Å². The van der Waals surface area contributed by atoms with Gasteiger partial charge in [0.25, 0.3) is 0 Å². The lowest BCUT2D eigenvalue weighted by molar-refractivity contribution is 0.163. The van der Waals surface area contributed by atoms with Gasteiger partial charge in [-0.2, -0.15) is 0 Å². The molecule has 0 aromatic heterocycles. The first kappa shape index (κ1) is 14.1. The van der Waals surface area contributed by atoms with Crippen LogP contribution in [0.2, 0.25) is 5.02 Å². The lowest BCUT2D eigenvalue weighted by Gasteiger charge is -2.08. The van der Waals surface area contributed by atoms with E-state index in [-0.39, 0.29) is 28.8 Å². The van der Waals surface area contributed by atoms with E-state index in [0.29, 0.717) is 6.61 Å². The van der Waals surface area contributed by atoms with Gasteiger partial charge in [0.05, 0.1) is 23.1 Å². The van der Waals surface area contributed by atoms with Crippen LogP contribution in [0.1, 0.15) is 6.92 Å². The topological polar surface area (TPSA) is 75.6 Å². The summed E-state index contributed by atoms with van der Waals surface area (Å²) in [6.45, 7) is 2.39. The predicted octanol–water partition coefficient (Wildman–Crippen LogP) is 1.82. The maximum absolute atomic E-state index is 11.6. The van der Waals surface area contributed by atoms with Crippen molar-refractivity contribution in [2.45, 2.75) is 6.92 Å². The number of benzene rings is 1. The highest BCUT2D eigenvalue weighted by molar-refractivity contribution is 7.92. The van der Waals surface area contributed by atoms with Gasteiger partial charge in [0.2, 0.25) is 10.0 Å². The summed E-state index contributed by atoms with van der Waals surface area (Å²) in [5.74, 6) is -0.304. The second kappa shape index (κ2) is 6.09. The summed E-state index contributed by atoms with van der Waals surface area (Å²) in [5, 5.41) is 9.49. The normalized spacial score (nSPS) is 11.4. The molecule has 0 aliphatic rings. The molecule has 2 N–H and O–H groups in total. The quantitative estimate of drug-likeness (QED) is 0.779. The Morgan fingerprint density at radius 2 is 2.18 bits per heavy atom. The first-order chi connectivity index (χ1) is 7.94. The van der Waals surface area contributed by atoms with E-state index in [0.717, 1.165) is 0 Å². The molecule has 0 heterocycles. The van der Waals surface area contributed by atoms with Crippen molar-refractivity contribution >= 4 is 27.3 Å². The highest BCUT2D eigenvalue weighted by Crippen LogP contribution is 2.26. The molecule has 0 radical (unpaired) electrons. The molecule has 0 saturated carbocycles. The maximum atomic E-state index is 11.6. The van der Waals surface area contributed by atoms with Gasteiger partial charge >= 0.3 is 0 Å². The van der Waals surface area contributed by atoms with Crippen molar-refractivity contribution in [2.24, 2.45) is 0 Å². The van der Waals surface area contributed by atoms with E-state index in [4.69, 9.17) is 16.3 Å². The third kappa shape index (κ3) is 4.80. The van der Waals surface area contributed by atoms with Crippen LogP contribution in [0.25, 0.3) is 0 Å². The van der Waals surface area contributed by atoms with Crippen LogP contribution in [-0.4, -0.2) is 32.5 Å². The number of phenols is 1. The van der Waals surface area contributed by atoms with Crippen LogP contribution in [0, 0.1) is 0 Å². The number of nitrogens with one attached hydrogen (secondary N) is 1. The average Bonchev–Trinajstić information content (AvgIpc) is 2.23. The summed E-state index contributed by atoms with van der Waals surface area (Å²) in [4.78, 5) is 0. The minimum absolute atomic E-state index is 0.130. The molecule has 7 heteroatoms. The van der Waals surface area contributed by atoms with Crippen LogP contribution in [0.3, 0.4) is 0 Å². The van der Waals surface area contributed by atoms with Crippen LogP contribution in [-0.2, 0) is 14.8 Å². The Bertz CT molecular complexity index is 475. The summed E-state index contributed by atoms with van der Waals surface area (Å²) in [7, 11) is -3.47. The van der Waals surface area contributed by atoms with Crippen molar-refractivity contribution in [1.29, 1.82) is 0 Å².